The van der Waals surface area contributed by atoms with Gasteiger partial charge < -0.3 is 9.52 Å². The highest BCUT2D eigenvalue weighted by Gasteiger charge is 2.57. The second kappa shape index (κ2) is 7.05. The molecular weight excluding hydrogens is 374 g/mol. The molecule has 0 spiro atoms. The largest absolute Gasteiger partial charge is 0.445 e. The van der Waals surface area contributed by atoms with E-state index in [1.54, 1.807) is 0 Å². The van der Waals surface area contributed by atoms with Gasteiger partial charge in [0.15, 0.2) is 0 Å². The average Bonchev–Trinajstić information content (AvgIpc) is 3.19. The third kappa shape index (κ3) is 3.21. The van der Waals surface area contributed by atoms with Crippen molar-refractivity contribution >= 4 is 5.78 Å². The molecule has 30 heavy (non-hydrogen) atoms. The second-order valence-electron chi connectivity index (χ2n) is 11.3. The van der Waals surface area contributed by atoms with Gasteiger partial charge in [-0.1, -0.05) is 18.6 Å². The first kappa shape index (κ1) is 20.5. The fourth-order valence-electron chi connectivity index (χ4n) is 7.88. The Kier molecular flexibility index (Phi) is 4.81. The summed E-state index contributed by atoms with van der Waals surface area (Å²) < 4.78 is 5.72. The van der Waals surface area contributed by atoms with Crippen LogP contribution in [0.2, 0.25) is 0 Å². The fraction of sp³-hybridized carbons (Fsp3) is 0.769. The van der Waals surface area contributed by atoms with Gasteiger partial charge in [-0.3, -0.25) is 4.79 Å². The molecular formula is C26H37NO3. The smallest absolute Gasteiger partial charge is 0.202 e. The van der Waals surface area contributed by atoms with Crippen LogP contribution in [-0.2, 0) is 11.2 Å². The normalized spacial score (nSPS) is 42.8. The molecule has 0 aliphatic heterocycles. The van der Waals surface area contributed by atoms with Crippen LogP contribution in [0.3, 0.4) is 0 Å². The van der Waals surface area contributed by atoms with E-state index in [0.717, 1.165) is 49.5 Å². The molecule has 0 bridgehead atoms. The summed E-state index contributed by atoms with van der Waals surface area (Å²) in [6.45, 7) is 8.26. The first-order valence-electron chi connectivity index (χ1n) is 12.0. The number of Topliss-reactive ketones (excluding diaryl/α,β-unsaturated/α-hetero) is 1. The number of oxazole rings is 1. The van der Waals surface area contributed by atoms with Crippen molar-refractivity contribution in [2.24, 2.45) is 35.0 Å². The maximum absolute atomic E-state index is 13.3. The van der Waals surface area contributed by atoms with Crippen LogP contribution in [0.15, 0.2) is 16.1 Å². The van der Waals surface area contributed by atoms with Crippen LogP contribution >= 0.6 is 0 Å². The van der Waals surface area contributed by atoms with Gasteiger partial charge in [-0.25, -0.2) is 4.98 Å². The van der Waals surface area contributed by atoms with Crippen LogP contribution in [0.4, 0.5) is 0 Å². The van der Waals surface area contributed by atoms with Crippen molar-refractivity contribution < 1.29 is 14.3 Å². The van der Waals surface area contributed by atoms with Gasteiger partial charge in [0.05, 0.1) is 17.7 Å². The summed E-state index contributed by atoms with van der Waals surface area (Å²) in [7, 11) is 0. The van der Waals surface area contributed by atoms with E-state index in [1.807, 2.05) is 20.8 Å². The topological polar surface area (TPSA) is 63.3 Å². The molecule has 4 aliphatic carbocycles. The Labute approximate surface area is 180 Å². The molecule has 1 aromatic rings. The number of nitrogens with zero attached hydrogens (tertiary/aromatic N) is 1. The Hall–Kier alpha value is -1.42. The first-order chi connectivity index (χ1) is 14.2. The molecule has 0 amide bonds. The quantitative estimate of drug-likeness (QED) is 0.682. The number of rotatable bonds is 3. The van der Waals surface area contributed by atoms with E-state index in [-0.39, 0.29) is 11.3 Å². The summed E-state index contributed by atoms with van der Waals surface area (Å²) in [6, 6.07) is 0. The van der Waals surface area contributed by atoms with Gasteiger partial charge in [0, 0.05) is 5.92 Å². The van der Waals surface area contributed by atoms with E-state index in [2.05, 4.69) is 18.0 Å². The third-order valence-electron chi connectivity index (χ3n) is 9.50. The standard InChI is InChI=1S/C26H37NO3/c1-15-16(2)30-24(27-15)13-23(28)22-8-7-21-20-6-5-17-14-25(3,29)11-9-18(17)19(20)10-12-26(21,22)4/h5,18-22,29H,6-14H2,1-4H3/t18-,19+,20+,21-,22+,25+,26-/m0/s1. The fourth-order valence-corrected chi connectivity index (χ4v) is 7.88. The van der Waals surface area contributed by atoms with Crippen LogP contribution in [-0.4, -0.2) is 21.5 Å². The molecule has 0 aromatic carbocycles. The van der Waals surface area contributed by atoms with Crippen LogP contribution in [0.5, 0.6) is 0 Å². The average molecular weight is 412 g/mol. The van der Waals surface area contributed by atoms with Gasteiger partial charge in [-0.05, 0) is 101 Å². The predicted molar refractivity (Wildman–Crippen MR) is 116 cm³/mol. The molecule has 0 radical (unpaired) electrons. The summed E-state index contributed by atoms with van der Waals surface area (Å²) in [6.07, 6.45) is 11.5. The molecule has 3 fully saturated rings. The lowest BCUT2D eigenvalue weighted by Gasteiger charge is -2.54. The number of aliphatic hydroxyl groups is 1. The van der Waals surface area contributed by atoms with Crippen molar-refractivity contribution in [3.8, 4) is 0 Å². The zero-order valence-electron chi connectivity index (χ0n) is 19.0. The molecule has 4 aliphatic rings. The highest BCUT2D eigenvalue weighted by atomic mass is 16.4. The molecule has 7 atom stereocenters. The maximum atomic E-state index is 13.3. The van der Waals surface area contributed by atoms with Crippen molar-refractivity contribution in [3.63, 3.8) is 0 Å². The molecule has 1 heterocycles. The molecule has 3 saturated carbocycles. The molecule has 4 heteroatoms. The summed E-state index contributed by atoms with van der Waals surface area (Å²) >= 11 is 0. The van der Waals surface area contributed by atoms with Gasteiger partial charge in [0.1, 0.15) is 11.5 Å². The van der Waals surface area contributed by atoms with Gasteiger partial charge in [0.25, 0.3) is 0 Å². The summed E-state index contributed by atoms with van der Waals surface area (Å²) in [5.41, 5.74) is 2.03. The summed E-state index contributed by atoms with van der Waals surface area (Å²) in [5.74, 6) is 4.68. The van der Waals surface area contributed by atoms with Crippen molar-refractivity contribution in [3.05, 3.63) is 29.0 Å². The van der Waals surface area contributed by atoms with E-state index >= 15 is 0 Å². The number of hydrogen-bond donors (Lipinski definition) is 1. The number of carbonyl (C=O) groups excluding carboxylic acids is 1. The Bertz CT molecular complexity index is 861. The zero-order valence-corrected chi connectivity index (χ0v) is 19.0. The lowest BCUT2D eigenvalue weighted by Crippen LogP contribution is -2.48. The van der Waals surface area contributed by atoms with Crippen LogP contribution in [0.1, 0.15) is 82.6 Å². The number of aryl methyl sites for hydroxylation is 2. The molecule has 5 rings (SSSR count). The number of ketones is 1. The van der Waals surface area contributed by atoms with Gasteiger partial charge in [-0.2, -0.15) is 0 Å². The highest BCUT2D eigenvalue weighted by molar-refractivity contribution is 5.83. The van der Waals surface area contributed by atoms with E-state index in [0.29, 0.717) is 35.8 Å². The Morgan fingerprint density at radius 1 is 1.17 bits per heavy atom. The number of fused-ring (bicyclic) bond motifs is 5. The molecule has 4 nitrogen and oxygen atoms in total. The minimum atomic E-state index is -0.514. The van der Waals surface area contributed by atoms with Gasteiger partial charge in [-0.15, -0.1) is 0 Å². The monoisotopic (exact) mass is 411 g/mol. The number of aromatic nitrogens is 1. The number of carbonyl (C=O) groups is 1. The molecule has 164 valence electrons. The van der Waals surface area contributed by atoms with Crippen molar-refractivity contribution in [2.45, 2.75) is 91.1 Å². The van der Waals surface area contributed by atoms with Crippen LogP contribution in [0, 0.1) is 48.9 Å². The zero-order chi connectivity index (χ0) is 21.3. The SMILES string of the molecule is Cc1nc(CC(=O)[C@H]2CC[C@H]3[C@@H]4CC=C5C[C@](C)(O)CC[C@@H]5[C@H]4CC[C@]23C)oc1C. The molecule has 1 aromatic heterocycles. The van der Waals surface area contributed by atoms with Crippen LogP contribution < -0.4 is 0 Å². The minimum Gasteiger partial charge on any atom is -0.445 e. The van der Waals surface area contributed by atoms with Crippen molar-refractivity contribution in [1.82, 2.24) is 4.98 Å². The molecule has 0 unspecified atom stereocenters. The Balaban J connectivity index is 1.34. The van der Waals surface area contributed by atoms with Crippen molar-refractivity contribution in [1.29, 1.82) is 0 Å². The third-order valence-corrected chi connectivity index (χ3v) is 9.50. The highest BCUT2D eigenvalue weighted by Crippen LogP contribution is 2.63. The lowest BCUT2D eigenvalue weighted by molar-refractivity contribution is -0.128. The predicted octanol–water partition coefficient (Wildman–Crippen LogP) is 5.34. The summed E-state index contributed by atoms with van der Waals surface area (Å²) in [4.78, 5) is 17.8. The van der Waals surface area contributed by atoms with E-state index in [9.17, 15) is 9.90 Å². The molecule has 0 saturated heterocycles. The van der Waals surface area contributed by atoms with Gasteiger partial charge in [0.2, 0.25) is 5.89 Å². The van der Waals surface area contributed by atoms with Crippen LogP contribution in [0.25, 0.3) is 0 Å². The lowest BCUT2D eigenvalue weighted by atomic mass is 9.51. The Morgan fingerprint density at radius 3 is 2.70 bits per heavy atom. The maximum Gasteiger partial charge on any atom is 0.202 e. The second-order valence-corrected chi connectivity index (χ2v) is 11.3. The van der Waals surface area contributed by atoms with Gasteiger partial charge >= 0.3 is 0 Å². The van der Waals surface area contributed by atoms with E-state index in [4.69, 9.17) is 4.42 Å². The number of hydrogen-bond acceptors (Lipinski definition) is 4. The van der Waals surface area contributed by atoms with Crippen molar-refractivity contribution in [2.75, 3.05) is 0 Å². The molecule has 1 N–H and O–H groups in total. The number of allylic oxidation sites excluding steroid dienone is 1. The van der Waals surface area contributed by atoms with E-state index < -0.39 is 5.60 Å². The summed E-state index contributed by atoms with van der Waals surface area (Å²) in [5, 5.41) is 10.5. The Morgan fingerprint density at radius 2 is 1.97 bits per heavy atom. The minimum absolute atomic E-state index is 0.125. The first-order valence-corrected chi connectivity index (χ1v) is 12.0. The van der Waals surface area contributed by atoms with E-state index in [1.165, 1.54) is 24.8 Å².